The van der Waals surface area contributed by atoms with Gasteiger partial charge in [0.2, 0.25) is 0 Å². The number of amides is 1. The third kappa shape index (κ3) is 3.42. The zero-order valence-electron chi connectivity index (χ0n) is 13.8. The van der Waals surface area contributed by atoms with Crippen LogP contribution in [-0.2, 0) is 4.79 Å². The molecule has 1 N–H and O–H groups in total. The van der Waals surface area contributed by atoms with E-state index in [-0.39, 0.29) is 18.4 Å². The number of aryl methyl sites for hydroxylation is 1. The molecule has 1 fully saturated rings. The van der Waals surface area contributed by atoms with Crippen LogP contribution in [0.1, 0.15) is 48.0 Å². The second-order valence-electron chi connectivity index (χ2n) is 6.32. The van der Waals surface area contributed by atoms with E-state index in [1.54, 1.807) is 6.07 Å². The fraction of sp³-hybridized carbons (Fsp3) is 0.500. The lowest BCUT2D eigenvalue weighted by molar-refractivity contribution is -0.137. The maximum atomic E-state index is 12.8. The smallest absolute Gasteiger partial charge is 0.303 e. The van der Waals surface area contributed by atoms with Gasteiger partial charge in [-0.1, -0.05) is 0 Å². The highest BCUT2D eigenvalue weighted by molar-refractivity contribution is 6.03. The molecule has 0 aliphatic carbocycles. The number of fused-ring (bicyclic) bond motifs is 2. The Morgan fingerprint density at radius 3 is 3.04 bits per heavy atom. The summed E-state index contributed by atoms with van der Waals surface area (Å²) in [5.41, 5.74) is 2.11. The summed E-state index contributed by atoms with van der Waals surface area (Å²) in [6.07, 6.45) is 5.51. The number of aliphatic imine (C=N–C) groups is 1. The second kappa shape index (κ2) is 7.03. The molecule has 1 aromatic carbocycles. The highest BCUT2D eigenvalue weighted by atomic mass is 16.5. The molecule has 1 saturated heterocycles. The molecule has 0 aromatic heterocycles. The van der Waals surface area contributed by atoms with Crippen molar-refractivity contribution in [3.05, 3.63) is 23.3 Å². The molecule has 2 aliphatic heterocycles. The summed E-state index contributed by atoms with van der Waals surface area (Å²) in [5.74, 6) is -0.138. The van der Waals surface area contributed by atoms with Gasteiger partial charge >= 0.3 is 5.97 Å². The zero-order valence-corrected chi connectivity index (χ0v) is 13.8. The topological polar surface area (TPSA) is 79.2 Å². The van der Waals surface area contributed by atoms with Crippen LogP contribution in [-0.4, -0.2) is 47.3 Å². The Bertz CT molecular complexity index is 684. The molecule has 2 aliphatic rings. The number of nitrogens with zero attached hydrogens (tertiary/aromatic N) is 2. The summed E-state index contributed by atoms with van der Waals surface area (Å²) in [6.45, 7) is 3.00. The van der Waals surface area contributed by atoms with Crippen LogP contribution in [0.15, 0.2) is 17.1 Å². The Balaban J connectivity index is 1.80. The summed E-state index contributed by atoms with van der Waals surface area (Å²) in [6, 6.07) is 3.70. The Labute approximate surface area is 141 Å². The van der Waals surface area contributed by atoms with Crippen molar-refractivity contribution in [2.45, 2.75) is 45.1 Å². The fourth-order valence-electron chi connectivity index (χ4n) is 3.20. The van der Waals surface area contributed by atoms with Gasteiger partial charge in [-0.2, -0.15) is 0 Å². The van der Waals surface area contributed by atoms with Crippen molar-refractivity contribution in [1.82, 2.24) is 4.90 Å². The number of carboxylic acids is 1. The molecule has 0 saturated carbocycles. The van der Waals surface area contributed by atoms with Crippen LogP contribution < -0.4 is 4.74 Å². The summed E-state index contributed by atoms with van der Waals surface area (Å²) in [5, 5.41) is 8.67. The van der Waals surface area contributed by atoms with Crippen LogP contribution in [0, 0.1) is 6.92 Å². The van der Waals surface area contributed by atoms with E-state index in [0.717, 1.165) is 31.4 Å². The number of piperidine rings is 1. The Hall–Kier alpha value is -2.37. The number of aliphatic carboxylic acids is 1. The number of carboxylic acid groups (broad SMARTS) is 1. The average Bonchev–Trinajstić information content (AvgIpc) is 2.70. The van der Waals surface area contributed by atoms with E-state index in [0.29, 0.717) is 30.0 Å². The molecule has 0 radical (unpaired) electrons. The van der Waals surface area contributed by atoms with Crippen molar-refractivity contribution in [1.29, 1.82) is 0 Å². The fourth-order valence-corrected chi connectivity index (χ4v) is 3.20. The average molecular weight is 330 g/mol. The predicted octanol–water partition coefficient (Wildman–Crippen LogP) is 2.95. The van der Waals surface area contributed by atoms with E-state index in [2.05, 4.69) is 4.99 Å². The number of hydrogen-bond donors (Lipinski definition) is 1. The number of benzene rings is 1. The van der Waals surface area contributed by atoms with Crippen LogP contribution >= 0.6 is 0 Å². The number of rotatable bonds is 5. The lowest BCUT2D eigenvalue weighted by Gasteiger charge is -2.32. The molecule has 3 rings (SSSR count). The predicted molar refractivity (Wildman–Crippen MR) is 90.4 cm³/mol. The van der Waals surface area contributed by atoms with Crippen molar-refractivity contribution in [3.63, 3.8) is 0 Å². The van der Waals surface area contributed by atoms with Gasteiger partial charge in [0, 0.05) is 25.2 Å². The molecular weight excluding hydrogens is 308 g/mol. The second-order valence-corrected chi connectivity index (χ2v) is 6.32. The van der Waals surface area contributed by atoms with Crippen molar-refractivity contribution in [3.8, 4) is 5.75 Å². The maximum absolute atomic E-state index is 12.8. The molecule has 6 nitrogen and oxygen atoms in total. The van der Waals surface area contributed by atoms with Gasteiger partial charge in [-0.25, -0.2) is 0 Å². The maximum Gasteiger partial charge on any atom is 0.303 e. The van der Waals surface area contributed by atoms with Gasteiger partial charge in [0.05, 0.1) is 23.9 Å². The van der Waals surface area contributed by atoms with Gasteiger partial charge in [-0.05, 0) is 44.2 Å². The summed E-state index contributed by atoms with van der Waals surface area (Å²) in [4.78, 5) is 29.8. The molecule has 0 unspecified atom stereocenters. The van der Waals surface area contributed by atoms with Gasteiger partial charge in [0.25, 0.3) is 5.91 Å². The highest BCUT2D eigenvalue weighted by Gasteiger charge is 2.30. The first-order valence-corrected chi connectivity index (χ1v) is 8.40. The Morgan fingerprint density at radius 1 is 1.42 bits per heavy atom. The third-order valence-electron chi connectivity index (χ3n) is 4.51. The number of hydrogen-bond acceptors (Lipinski definition) is 4. The van der Waals surface area contributed by atoms with Crippen LogP contribution in [0.2, 0.25) is 0 Å². The quantitative estimate of drug-likeness (QED) is 0.842. The first-order chi connectivity index (χ1) is 11.6. The summed E-state index contributed by atoms with van der Waals surface area (Å²) < 4.78 is 5.69. The van der Waals surface area contributed by atoms with E-state index in [9.17, 15) is 9.59 Å². The van der Waals surface area contributed by atoms with Gasteiger partial charge in [-0.15, -0.1) is 0 Å². The van der Waals surface area contributed by atoms with E-state index in [1.807, 2.05) is 24.1 Å². The zero-order chi connectivity index (χ0) is 17.1. The molecule has 24 heavy (non-hydrogen) atoms. The van der Waals surface area contributed by atoms with Crippen LogP contribution in [0.5, 0.6) is 5.75 Å². The Kier molecular flexibility index (Phi) is 4.83. The molecular formula is C18H22N2O4. The van der Waals surface area contributed by atoms with Crippen molar-refractivity contribution >= 4 is 23.8 Å². The minimum absolute atomic E-state index is 0.0349. The number of ether oxygens (including phenoxy) is 1. The first kappa shape index (κ1) is 16.5. The highest BCUT2D eigenvalue weighted by Crippen LogP contribution is 2.33. The van der Waals surface area contributed by atoms with Crippen LogP contribution in [0.4, 0.5) is 5.69 Å². The van der Waals surface area contributed by atoms with Gasteiger partial charge in [0.1, 0.15) is 5.75 Å². The molecule has 128 valence electrons. The SMILES string of the molecule is Cc1cc2c(cc1OCCCC(=O)O)N=C[C@@H]1CCCCN1C2=O. The lowest BCUT2D eigenvalue weighted by atomic mass is 10.0. The largest absolute Gasteiger partial charge is 0.493 e. The standard InChI is InChI=1S/C18H22N2O4/c1-12-9-14-15(10-16(12)24-8-4-6-17(21)22)19-11-13-5-2-3-7-20(13)18(14)23/h9-11,13H,2-8H2,1H3,(H,21,22)/t13-/m0/s1. The lowest BCUT2D eigenvalue weighted by Crippen LogP contribution is -2.43. The van der Waals surface area contributed by atoms with E-state index < -0.39 is 5.97 Å². The molecule has 1 amide bonds. The van der Waals surface area contributed by atoms with Gasteiger partial charge in [-0.3, -0.25) is 14.6 Å². The minimum Gasteiger partial charge on any atom is -0.493 e. The Morgan fingerprint density at radius 2 is 2.25 bits per heavy atom. The molecule has 1 aromatic rings. The van der Waals surface area contributed by atoms with Crippen molar-refractivity contribution < 1.29 is 19.4 Å². The number of carbonyl (C=O) groups excluding carboxylic acids is 1. The molecule has 2 heterocycles. The first-order valence-electron chi connectivity index (χ1n) is 8.40. The third-order valence-corrected chi connectivity index (χ3v) is 4.51. The molecule has 6 heteroatoms. The minimum atomic E-state index is -0.830. The van der Waals surface area contributed by atoms with Crippen molar-refractivity contribution in [2.24, 2.45) is 4.99 Å². The normalized spacial score (nSPS) is 19.5. The van der Waals surface area contributed by atoms with Crippen LogP contribution in [0.25, 0.3) is 0 Å². The summed E-state index contributed by atoms with van der Waals surface area (Å²) >= 11 is 0. The monoisotopic (exact) mass is 330 g/mol. The van der Waals surface area contributed by atoms with Gasteiger partial charge in [0.15, 0.2) is 0 Å². The van der Waals surface area contributed by atoms with E-state index in [1.165, 1.54) is 0 Å². The summed E-state index contributed by atoms with van der Waals surface area (Å²) in [7, 11) is 0. The molecule has 0 bridgehead atoms. The van der Waals surface area contributed by atoms with E-state index >= 15 is 0 Å². The molecule has 0 spiro atoms. The molecule has 1 atom stereocenters. The van der Waals surface area contributed by atoms with E-state index in [4.69, 9.17) is 9.84 Å². The number of carbonyl (C=O) groups is 2. The van der Waals surface area contributed by atoms with Crippen molar-refractivity contribution in [2.75, 3.05) is 13.2 Å². The van der Waals surface area contributed by atoms with Crippen LogP contribution in [0.3, 0.4) is 0 Å². The van der Waals surface area contributed by atoms with Gasteiger partial charge < -0.3 is 14.7 Å².